The fourth-order valence-electron chi connectivity index (χ4n) is 4.31. The highest BCUT2D eigenvalue weighted by Gasteiger charge is 2.39. The number of likely N-dealkylation sites (tertiary alicyclic amines) is 1. The second-order valence-corrected chi connectivity index (χ2v) is 8.32. The van der Waals surface area contributed by atoms with Crippen LogP contribution in [-0.4, -0.2) is 43.1 Å². The first-order valence-corrected chi connectivity index (χ1v) is 10.8. The molecular formula is C25H33Cl2N3O2. The number of rotatable bonds is 8. The van der Waals surface area contributed by atoms with Crippen LogP contribution in [0.4, 0.5) is 0 Å². The van der Waals surface area contributed by atoms with Gasteiger partial charge in [-0.05, 0) is 55.1 Å². The molecule has 2 unspecified atom stereocenters. The van der Waals surface area contributed by atoms with Crippen molar-refractivity contribution in [1.29, 1.82) is 0 Å². The molecule has 5 nitrogen and oxygen atoms in total. The van der Waals surface area contributed by atoms with Crippen molar-refractivity contribution in [3.8, 4) is 0 Å². The van der Waals surface area contributed by atoms with Gasteiger partial charge in [-0.2, -0.15) is 0 Å². The molecule has 0 spiro atoms. The van der Waals surface area contributed by atoms with Crippen molar-refractivity contribution < 1.29 is 9.63 Å². The predicted molar refractivity (Wildman–Crippen MR) is 134 cm³/mol. The van der Waals surface area contributed by atoms with Crippen molar-refractivity contribution in [3.63, 3.8) is 0 Å². The molecule has 2 fully saturated rings. The number of nitrogens with zero attached hydrogens (tertiary/aromatic N) is 1. The number of amides is 1. The molecule has 1 heterocycles. The maximum atomic E-state index is 11.4. The Morgan fingerprint density at radius 1 is 1.06 bits per heavy atom. The van der Waals surface area contributed by atoms with E-state index < -0.39 is 0 Å². The van der Waals surface area contributed by atoms with Crippen LogP contribution in [0.25, 0.3) is 6.08 Å². The van der Waals surface area contributed by atoms with Crippen LogP contribution < -0.4 is 10.8 Å². The third-order valence-corrected chi connectivity index (χ3v) is 6.07. The van der Waals surface area contributed by atoms with E-state index in [1.165, 1.54) is 43.6 Å². The number of halogens is 2. The average Bonchev–Trinajstić information content (AvgIpc) is 3.55. The summed E-state index contributed by atoms with van der Waals surface area (Å²) in [6, 6.07) is 20.6. The van der Waals surface area contributed by atoms with Crippen molar-refractivity contribution in [1.82, 2.24) is 15.7 Å². The number of carbonyl (C=O) groups is 1. The smallest absolute Gasteiger partial charge is 0.267 e. The minimum Gasteiger partial charge on any atom is -0.311 e. The van der Waals surface area contributed by atoms with Crippen LogP contribution in [0.1, 0.15) is 41.9 Å². The average molecular weight is 478 g/mol. The van der Waals surface area contributed by atoms with Gasteiger partial charge in [0, 0.05) is 30.6 Å². The van der Waals surface area contributed by atoms with Gasteiger partial charge < -0.3 is 5.32 Å². The SMILES string of the molecule is CONC(=O)/C=C/c1ccc(CN2CCC(NC3CC3c3ccccc3)CC2)cc1.Cl.Cl. The van der Waals surface area contributed by atoms with Gasteiger partial charge in [0.15, 0.2) is 0 Å². The Morgan fingerprint density at radius 2 is 1.75 bits per heavy atom. The zero-order valence-corrected chi connectivity index (χ0v) is 20.0. The fourth-order valence-corrected chi connectivity index (χ4v) is 4.31. The lowest BCUT2D eigenvalue weighted by atomic mass is 10.0. The minimum absolute atomic E-state index is 0. The zero-order chi connectivity index (χ0) is 20.8. The van der Waals surface area contributed by atoms with E-state index in [4.69, 9.17) is 0 Å². The Morgan fingerprint density at radius 3 is 2.41 bits per heavy atom. The summed E-state index contributed by atoms with van der Waals surface area (Å²) in [6.07, 6.45) is 6.97. The van der Waals surface area contributed by atoms with Gasteiger partial charge in [-0.3, -0.25) is 14.5 Å². The summed E-state index contributed by atoms with van der Waals surface area (Å²) in [5, 5.41) is 3.89. The Bertz CT molecular complexity index is 853. The normalized spacial score (nSPS) is 20.9. The predicted octanol–water partition coefficient (Wildman–Crippen LogP) is 4.33. The van der Waals surface area contributed by atoms with E-state index in [1.807, 2.05) is 0 Å². The molecule has 0 aromatic heterocycles. The van der Waals surface area contributed by atoms with Gasteiger partial charge in [0.2, 0.25) is 0 Å². The summed E-state index contributed by atoms with van der Waals surface area (Å²) in [7, 11) is 1.42. The molecule has 174 valence electrons. The van der Waals surface area contributed by atoms with Gasteiger partial charge in [-0.1, -0.05) is 54.6 Å². The number of hydrogen-bond acceptors (Lipinski definition) is 4. The first kappa shape index (κ1) is 26.4. The van der Waals surface area contributed by atoms with Crippen molar-refractivity contribution in [2.24, 2.45) is 0 Å². The first-order chi connectivity index (χ1) is 14.7. The molecule has 2 N–H and O–H groups in total. The third-order valence-electron chi connectivity index (χ3n) is 6.07. The number of hydroxylamine groups is 1. The minimum atomic E-state index is -0.264. The van der Waals surface area contributed by atoms with Crippen molar-refractivity contribution in [2.75, 3.05) is 20.2 Å². The van der Waals surface area contributed by atoms with Gasteiger partial charge in [0.05, 0.1) is 7.11 Å². The number of carbonyl (C=O) groups excluding carboxylic acids is 1. The van der Waals surface area contributed by atoms with E-state index in [0.29, 0.717) is 18.0 Å². The zero-order valence-electron chi connectivity index (χ0n) is 18.4. The summed E-state index contributed by atoms with van der Waals surface area (Å²) < 4.78 is 0. The van der Waals surface area contributed by atoms with E-state index in [0.717, 1.165) is 25.2 Å². The molecule has 7 heteroatoms. The molecular weight excluding hydrogens is 445 g/mol. The van der Waals surface area contributed by atoms with Crippen LogP contribution in [-0.2, 0) is 16.2 Å². The molecule has 1 saturated heterocycles. The molecule has 1 aliphatic heterocycles. The molecule has 1 amide bonds. The molecule has 32 heavy (non-hydrogen) atoms. The molecule has 1 saturated carbocycles. The van der Waals surface area contributed by atoms with E-state index in [1.54, 1.807) is 6.08 Å². The van der Waals surface area contributed by atoms with Crippen LogP contribution in [0.3, 0.4) is 0 Å². The highest BCUT2D eigenvalue weighted by molar-refractivity contribution is 5.90. The molecule has 0 bridgehead atoms. The lowest BCUT2D eigenvalue weighted by molar-refractivity contribution is -0.126. The van der Waals surface area contributed by atoms with E-state index >= 15 is 0 Å². The quantitative estimate of drug-likeness (QED) is 0.438. The first-order valence-electron chi connectivity index (χ1n) is 10.8. The molecule has 1 aliphatic carbocycles. The topological polar surface area (TPSA) is 53.6 Å². The fraction of sp³-hybridized carbons (Fsp3) is 0.400. The number of hydrogen-bond donors (Lipinski definition) is 2. The Labute approximate surface area is 203 Å². The second-order valence-electron chi connectivity index (χ2n) is 8.32. The Balaban J connectivity index is 0.00000181. The number of piperidine rings is 1. The van der Waals surface area contributed by atoms with E-state index in [-0.39, 0.29) is 30.7 Å². The summed E-state index contributed by atoms with van der Waals surface area (Å²) in [4.78, 5) is 18.5. The maximum Gasteiger partial charge on any atom is 0.267 e. The van der Waals surface area contributed by atoms with Crippen LogP contribution in [0.2, 0.25) is 0 Å². The van der Waals surface area contributed by atoms with Crippen molar-refractivity contribution >= 4 is 36.8 Å². The molecule has 2 atom stereocenters. The monoisotopic (exact) mass is 477 g/mol. The highest BCUT2D eigenvalue weighted by atomic mass is 35.5. The Kier molecular flexibility index (Phi) is 10.7. The molecule has 2 aliphatic rings. The summed E-state index contributed by atoms with van der Waals surface area (Å²) >= 11 is 0. The van der Waals surface area contributed by atoms with Crippen molar-refractivity contribution in [3.05, 3.63) is 77.4 Å². The molecule has 4 rings (SSSR count). The van der Waals surface area contributed by atoms with Gasteiger partial charge in [0.25, 0.3) is 5.91 Å². The van der Waals surface area contributed by atoms with Crippen LogP contribution in [0.5, 0.6) is 0 Å². The van der Waals surface area contributed by atoms with E-state index in [2.05, 4.69) is 75.1 Å². The third kappa shape index (κ3) is 7.61. The van der Waals surface area contributed by atoms with Gasteiger partial charge in [-0.25, -0.2) is 5.48 Å². The van der Waals surface area contributed by atoms with Crippen LogP contribution in [0.15, 0.2) is 60.7 Å². The molecule has 0 radical (unpaired) electrons. The van der Waals surface area contributed by atoms with Gasteiger partial charge >= 0.3 is 0 Å². The lowest BCUT2D eigenvalue weighted by Crippen LogP contribution is -2.43. The standard InChI is InChI=1S/C25H31N3O2.2ClH/c1-30-27-25(29)12-11-19-7-9-20(10-8-19)18-28-15-13-22(14-16-28)26-24-17-23(24)21-5-3-2-4-6-21;;/h2-12,22-24,26H,13-18H2,1H3,(H,27,29);2*1H/b12-11+;;. The van der Waals surface area contributed by atoms with Gasteiger partial charge in [-0.15, -0.1) is 24.8 Å². The number of nitrogens with one attached hydrogen (secondary N) is 2. The summed E-state index contributed by atoms with van der Waals surface area (Å²) in [5.74, 6) is 0.441. The van der Waals surface area contributed by atoms with Gasteiger partial charge in [0.1, 0.15) is 0 Å². The molecule has 2 aromatic rings. The van der Waals surface area contributed by atoms with E-state index in [9.17, 15) is 4.79 Å². The number of benzene rings is 2. The Hall–Kier alpha value is -1.89. The van der Waals surface area contributed by atoms with Crippen LogP contribution in [0, 0.1) is 0 Å². The van der Waals surface area contributed by atoms with Crippen molar-refractivity contribution in [2.45, 2.75) is 43.8 Å². The lowest BCUT2D eigenvalue weighted by Gasteiger charge is -2.32. The second kappa shape index (κ2) is 13.0. The molecule has 2 aromatic carbocycles. The summed E-state index contributed by atoms with van der Waals surface area (Å²) in [6.45, 7) is 3.26. The van der Waals surface area contributed by atoms with Crippen LogP contribution >= 0.6 is 24.8 Å². The largest absolute Gasteiger partial charge is 0.311 e. The highest BCUT2D eigenvalue weighted by Crippen LogP contribution is 2.41. The summed E-state index contributed by atoms with van der Waals surface area (Å²) in [5.41, 5.74) is 6.07. The maximum absolute atomic E-state index is 11.4.